The molecule has 3 aromatic rings. The number of nitrogens with one attached hydrogen (secondary N) is 2. The summed E-state index contributed by atoms with van der Waals surface area (Å²) >= 11 is 0. The van der Waals surface area contributed by atoms with Crippen LogP contribution < -0.4 is 5.32 Å². The summed E-state index contributed by atoms with van der Waals surface area (Å²) < 4.78 is 1.62. The summed E-state index contributed by atoms with van der Waals surface area (Å²) in [4.78, 5) is 15.4. The average molecular weight is 241 g/mol. The zero-order valence-electron chi connectivity index (χ0n) is 9.48. The fourth-order valence-electron chi connectivity index (χ4n) is 1.61. The van der Waals surface area contributed by atoms with E-state index in [0.717, 1.165) is 11.5 Å². The largest absolute Gasteiger partial charge is 0.375 e. The molecule has 3 aromatic heterocycles. The fraction of sp³-hybridized carbons (Fsp3) is 0.0909. The quantitative estimate of drug-likeness (QED) is 0.711. The van der Waals surface area contributed by atoms with E-state index in [9.17, 15) is 0 Å². The molecule has 0 spiro atoms. The van der Waals surface area contributed by atoms with E-state index in [-0.39, 0.29) is 0 Å². The van der Waals surface area contributed by atoms with E-state index < -0.39 is 0 Å². The number of anilines is 1. The molecule has 0 aromatic carbocycles. The van der Waals surface area contributed by atoms with E-state index in [2.05, 4.69) is 30.4 Å². The second kappa shape index (κ2) is 4.66. The lowest BCUT2D eigenvalue weighted by Gasteiger charge is -2.09. The molecule has 2 N–H and O–H groups in total. The summed E-state index contributed by atoms with van der Waals surface area (Å²) in [6, 6.07) is 3.80. The van der Waals surface area contributed by atoms with Gasteiger partial charge in [0.05, 0.1) is 12.2 Å². The lowest BCUT2D eigenvalue weighted by atomic mass is 10.3. The molecule has 0 fully saturated rings. The van der Waals surface area contributed by atoms with Crippen LogP contribution in [0.5, 0.6) is 0 Å². The lowest BCUT2D eigenvalue weighted by molar-refractivity contribution is 0.843. The molecule has 0 unspecified atom stereocenters. The average Bonchev–Trinajstić information content (AvgIpc) is 3.10. The van der Waals surface area contributed by atoms with Crippen molar-refractivity contribution in [1.82, 2.24) is 29.7 Å². The highest BCUT2D eigenvalue weighted by Crippen LogP contribution is 2.16. The fourth-order valence-corrected chi connectivity index (χ4v) is 1.61. The normalized spacial score (nSPS) is 10.4. The smallest absolute Gasteiger partial charge is 0.178 e. The van der Waals surface area contributed by atoms with Crippen molar-refractivity contribution in [2.75, 3.05) is 5.32 Å². The molecular weight excluding hydrogens is 230 g/mol. The SMILES string of the molecule is c1cnc(-n2cncn2)c(NCc2ncc[nH]2)c1. The van der Waals surface area contributed by atoms with Crippen molar-refractivity contribution >= 4 is 5.69 Å². The van der Waals surface area contributed by atoms with E-state index in [1.807, 2.05) is 12.1 Å². The van der Waals surface area contributed by atoms with Crippen LogP contribution >= 0.6 is 0 Å². The van der Waals surface area contributed by atoms with Gasteiger partial charge in [0.2, 0.25) is 0 Å². The second-order valence-corrected chi connectivity index (χ2v) is 3.60. The highest BCUT2D eigenvalue weighted by atomic mass is 15.3. The van der Waals surface area contributed by atoms with Gasteiger partial charge in [-0.05, 0) is 12.1 Å². The molecule has 0 amide bonds. The third-order valence-corrected chi connectivity index (χ3v) is 2.42. The highest BCUT2D eigenvalue weighted by molar-refractivity contribution is 5.55. The minimum absolute atomic E-state index is 0.598. The zero-order chi connectivity index (χ0) is 12.2. The topological polar surface area (TPSA) is 84.3 Å². The first-order valence-electron chi connectivity index (χ1n) is 5.45. The predicted octanol–water partition coefficient (Wildman–Crippen LogP) is 0.997. The molecule has 0 bridgehead atoms. The van der Waals surface area contributed by atoms with Gasteiger partial charge in [-0.2, -0.15) is 5.10 Å². The number of hydrogen-bond acceptors (Lipinski definition) is 5. The molecule has 0 aliphatic carbocycles. The zero-order valence-corrected chi connectivity index (χ0v) is 9.48. The first kappa shape index (κ1) is 10.5. The molecule has 0 aliphatic heterocycles. The number of pyridine rings is 1. The van der Waals surface area contributed by atoms with E-state index >= 15 is 0 Å². The first-order valence-corrected chi connectivity index (χ1v) is 5.45. The number of rotatable bonds is 4. The van der Waals surface area contributed by atoms with Crippen LogP contribution in [0.4, 0.5) is 5.69 Å². The molecular formula is C11H11N7. The van der Waals surface area contributed by atoms with E-state index in [1.54, 1.807) is 29.6 Å². The van der Waals surface area contributed by atoms with Gasteiger partial charge >= 0.3 is 0 Å². The van der Waals surface area contributed by atoms with Crippen molar-refractivity contribution in [1.29, 1.82) is 0 Å². The van der Waals surface area contributed by atoms with Crippen LogP contribution in [0.2, 0.25) is 0 Å². The number of nitrogens with zero attached hydrogens (tertiary/aromatic N) is 5. The summed E-state index contributed by atoms with van der Waals surface area (Å²) in [7, 11) is 0. The monoisotopic (exact) mass is 241 g/mol. The minimum Gasteiger partial charge on any atom is -0.375 e. The third kappa shape index (κ3) is 2.05. The molecule has 0 atom stereocenters. The summed E-state index contributed by atoms with van der Waals surface area (Å²) in [6.07, 6.45) is 8.32. The van der Waals surface area contributed by atoms with Crippen LogP contribution in [0.25, 0.3) is 5.82 Å². The summed E-state index contributed by atoms with van der Waals surface area (Å²) in [5, 5.41) is 7.33. The summed E-state index contributed by atoms with van der Waals surface area (Å²) in [6.45, 7) is 0.598. The Bertz CT molecular complexity index is 600. The Morgan fingerprint density at radius 3 is 3.06 bits per heavy atom. The molecule has 90 valence electrons. The number of imidazole rings is 1. The van der Waals surface area contributed by atoms with Gasteiger partial charge in [-0.3, -0.25) is 0 Å². The van der Waals surface area contributed by atoms with Crippen LogP contribution in [0.3, 0.4) is 0 Å². The maximum atomic E-state index is 4.29. The van der Waals surface area contributed by atoms with Gasteiger partial charge in [-0.25, -0.2) is 19.6 Å². The van der Waals surface area contributed by atoms with Gasteiger partial charge in [0.25, 0.3) is 0 Å². The van der Waals surface area contributed by atoms with Crippen LogP contribution in [-0.2, 0) is 6.54 Å². The molecule has 3 rings (SSSR count). The van der Waals surface area contributed by atoms with Gasteiger partial charge in [0.1, 0.15) is 18.5 Å². The molecule has 3 heterocycles. The van der Waals surface area contributed by atoms with Gasteiger partial charge in [-0.1, -0.05) is 0 Å². The van der Waals surface area contributed by atoms with Gasteiger partial charge in [0.15, 0.2) is 5.82 Å². The Labute approximate surface area is 103 Å². The van der Waals surface area contributed by atoms with Crippen molar-refractivity contribution < 1.29 is 0 Å². The number of aromatic nitrogens is 6. The molecule has 7 nitrogen and oxygen atoms in total. The Morgan fingerprint density at radius 1 is 1.28 bits per heavy atom. The van der Waals surface area contributed by atoms with Crippen molar-refractivity contribution in [2.24, 2.45) is 0 Å². The maximum Gasteiger partial charge on any atom is 0.178 e. The molecule has 0 saturated heterocycles. The summed E-state index contributed by atoms with van der Waals surface area (Å²) in [5.41, 5.74) is 0.874. The van der Waals surface area contributed by atoms with E-state index in [0.29, 0.717) is 12.4 Å². The van der Waals surface area contributed by atoms with Crippen molar-refractivity contribution in [3.8, 4) is 5.82 Å². The Kier molecular flexibility index (Phi) is 2.71. The summed E-state index contributed by atoms with van der Waals surface area (Å²) in [5.74, 6) is 1.57. The van der Waals surface area contributed by atoms with E-state index in [1.165, 1.54) is 6.33 Å². The van der Waals surface area contributed by atoms with Crippen LogP contribution in [-0.4, -0.2) is 29.7 Å². The second-order valence-electron chi connectivity index (χ2n) is 3.60. The van der Waals surface area contributed by atoms with Crippen LogP contribution in [0.15, 0.2) is 43.4 Å². The minimum atomic E-state index is 0.598. The van der Waals surface area contributed by atoms with Crippen molar-refractivity contribution in [3.63, 3.8) is 0 Å². The number of aromatic amines is 1. The number of hydrogen-bond donors (Lipinski definition) is 2. The molecule has 7 heteroatoms. The molecule has 0 radical (unpaired) electrons. The first-order chi connectivity index (χ1) is 8.93. The standard InChI is InChI=1S/C11H11N7/c1-2-9(16-6-10-13-4-5-14-10)11(15-3-1)18-8-12-7-17-18/h1-5,7-8,16H,6H2,(H,13,14). The maximum absolute atomic E-state index is 4.29. The van der Waals surface area contributed by atoms with Crippen molar-refractivity contribution in [2.45, 2.75) is 6.54 Å². The Morgan fingerprint density at radius 2 is 2.28 bits per heavy atom. The van der Waals surface area contributed by atoms with Gasteiger partial charge < -0.3 is 10.3 Å². The highest BCUT2D eigenvalue weighted by Gasteiger charge is 2.06. The molecule has 18 heavy (non-hydrogen) atoms. The van der Waals surface area contributed by atoms with E-state index in [4.69, 9.17) is 0 Å². The molecule has 0 aliphatic rings. The third-order valence-electron chi connectivity index (χ3n) is 2.42. The van der Waals surface area contributed by atoms with Crippen LogP contribution in [0.1, 0.15) is 5.82 Å². The molecule has 0 saturated carbocycles. The van der Waals surface area contributed by atoms with Crippen molar-refractivity contribution in [3.05, 3.63) is 49.2 Å². The Balaban J connectivity index is 1.84. The Hall–Kier alpha value is -2.70. The number of H-pyrrole nitrogens is 1. The lowest BCUT2D eigenvalue weighted by Crippen LogP contribution is -2.07. The van der Waals surface area contributed by atoms with Gasteiger partial charge in [0, 0.05) is 18.6 Å². The predicted molar refractivity (Wildman–Crippen MR) is 65.1 cm³/mol. The van der Waals surface area contributed by atoms with Crippen LogP contribution in [0, 0.1) is 0 Å². The van der Waals surface area contributed by atoms with Gasteiger partial charge in [-0.15, -0.1) is 0 Å².